The molecule has 0 saturated carbocycles. The number of halogens is 1. The summed E-state index contributed by atoms with van der Waals surface area (Å²) in [6.07, 6.45) is 0. The highest BCUT2D eigenvalue weighted by atomic mass is 35.5. The second-order valence-corrected chi connectivity index (χ2v) is 3.13. The number of benzene rings is 1. The van der Waals surface area contributed by atoms with Gasteiger partial charge in [0, 0.05) is 16.3 Å². The Morgan fingerprint density at radius 3 is 2.79 bits per heavy atom. The van der Waals surface area contributed by atoms with Crippen molar-refractivity contribution in [3.8, 4) is 11.5 Å². The van der Waals surface area contributed by atoms with Crippen LogP contribution in [0.5, 0.6) is 0 Å². The van der Waals surface area contributed by atoms with Crippen LogP contribution in [0.25, 0.3) is 11.5 Å². The first-order valence-electron chi connectivity index (χ1n) is 3.77. The maximum atomic E-state index is 10.7. The minimum absolute atomic E-state index is 0.171. The van der Waals surface area contributed by atoms with E-state index in [1.165, 1.54) is 0 Å². The van der Waals surface area contributed by atoms with Crippen molar-refractivity contribution >= 4 is 17.3 Å². The Hall–Kier alpha value is -1.75. The average Bonchev–Trinajstić information content (AvgIpc) is 2.50. The number of nitrogen functional groups attached to an aromatic ring is 1. The van der Waals surface area contributed by atoms with Gasteiger partial charge >= 0.3 is 5.76 Å². The van der Waals surface area contributed by atoms with E-state index in [-0.39, 0.29) is 5.89 Å². The number of nitrogens with one attached hydrogen (secondary N) is 1. The largest absolute Gasteiger partial charge is 0.434 e. The van der Waals surface area contributed by atoms with Crippen molar-refractivity contribution in [2.75, 3.05) is 5.73 Å². The Balaban J connectivity index is 2.56. The molecule has 0 bridgehead atoms. The molecule has 6 heteroatoms. The summed E-state index contributed by atoms with van der Waals surface area (Å²) in [7, 11) is 0. The molecule has 0 aliphatic heterocycles. The van der Waals surface area contributed by atoms with Crippen LogP contribution in [0.4, 0.5) is 5.69 Å². The highest BCUT2D eigenvalue weighted by Crippen LogP contribution is 2.23. The molecular formula is C8H6ClN3O2. The van der Waals surface area contributed by atoms with Gasteiger partial charge in [-0.3, -0.25) is 0 Å². The van der Waals surface area contributed by atoms with Crippen molar-refractivity contribution in [1.82, 2.24) is 10.2 Å². The predicted octanol–water partition coefficient (Wildman–Crippen LogP) is 1.27. The first-order chi connectivity index (χ1) is 6.65. The molecule has 3 N–H and O–H groups in total. The molecule has 72 valence electrons. The van der Waals surface area contributed by atoms with Crippen LogP contribution in [0.15, 0.2) is 27.4 Å². The normalized spacial score (nSPS) is 10.4. The lowest BCUT2D eigenvalue weighted by molar-refractivity contribution is 0.527. The summed E-state index contributed by atoms with van der Waals surface area (Å²) in [4.78, 5) is 10.7. The molecule has 0 aliphatic rings. The summed E-state index contributed by atoms with van der Waals surface area (Å²) in [5.41, 5.74) is 6.61. The number of H-pyrrole nitrogens is 1. The average molecular weight is 212 g/mol. The molecule has 2 rings (SSSR count). The fraction of sp³-hybridized carbons (Fsp3) is 0. The van der Waals surface area contributed by atoms with Gasteiger partial charge in [0.25, 0.3) is 0 Å². The van der Waals surface area contributed by atoms with Crippen LogP contribution in [-0.2, 0) is 0 Å². The highest BCUT2D eigenvalue weighted by molar-refractivity contribution is 6.31. The molecule has 0 spiro atoms. The molecular weight excluding hydrogens is 206 g/mol. The standard InChI is InChI=1S/C8H6ClN3O2/c9-5-1-4(2-6(10)3-5)7-11-12-8(13)14-7/h1-3H,10H2,(H,12,13). The molecule has 1 aromatic heterocycles. The number of aromatic amines is 1. The summed E-state index contributed by atoms with van der Waals surface area (Å²) >= 11 is 5.77. The number of hydrogen-bond donors (Lipinski definition) is 2. The number of anilines is 1. The molecule has 0 saturated heterocycles. The van der Waals surface area contributed by atoms with Gasteiger partial charge in [0.05, 0.1) is 0 Å². The van der Waals surface area contributed by atoms with E-state index >= 15 is 0 Å². The van der Waals surface area contributed by atoms with E-state index in [4.69, 9.17) is 21.8 Å². The molecule has 0 atom stereocenters. The summed E-state index contributed by atoms with van der Waals surface area (Å²) in [6, 6.07) is 4.82. The van der Waals surface area contributed by atoms with Crippen LogP contribution in [0.2, 0.25) is 5.02 Å². The van der Waals surface area contributed by atoms with Gasteiger partial charge in [-0.05, 0) is 18.2 Å². The van der Waals surface area contributed by atoms with Gasteiger partial charge < -0.3 is 10.2 Å². The number of hydrogen-bond acceptors (Lipinski definition) is 4. The van der Waals surface area contributed by atoms with Crippen molar-refractivity contribution in [2.45, 2.75) is 0 Å². The van der Waals surface area contributed by atoms with E-state index < -0.39 is 5.76 Å². The zero-order valence-corrected chi connectivity index (χ0v) is 7.71. The third kappa shape index (κ3) is 1.62. The lowest BCUT2D eigenvalue weighted by Crippen LogP contribution is -1.93. The minimum atomic E-state index is -0.612. The fourth-order valence-electron chi connectivity index (χ4n) is 1.09. The van der Waals surface area contributed by atoms with E-state index in [1.54, 1.807) is 18.2 Å². The van der Waals surface area contributed by atoms with Crippen LogP contribution >= 0.6 is 11.6 Å². The lowest BCUT2D eigenvalue weighted by atomic mass is 10.2. The molecule has 0 radical (unpaired) electrons. The van der Waals surface area contributed by atoms with E-state index in [2.05, 4.69) is 10.2 Å². The number of nitrogens with zero attached hydrogens (tertiary/aromatic N) is 1. The molecule has 0 fully saturated rings. The number of rotatable bonds is 1. The first kappa shape index (κ1) is 8.83. The maximum absolute atomic E-state index is 10.7. The molecule has 0 aliphatic carbocycles. The van der Waals surface area contributed by atoms with Crippen molar-refractivity contribution in [3.05, 3.63) is 33.8 Å². The molecule has 5 nitrogen and oxygen atoms in total. The van der Waals surface area contributed by atoms with Gasteiger partial charge in [-0.2, -0.15) is 0 Å². The number of nitrogens with two attached hydrogens (primary N) is 1. The molecule has 2 aromatic rings. The number of aromatic nitrogens is 2. The van der Waals surface area contributed by atoms with E-state index in [0.717, 1.165) is 0 Å². The first-order valence-corrected chi connectivity index (χ1v) is 4.15. The predicted molar refractivity (Wildman–Crippen MR) is 52.0 cm³/mol. The molecule has 1 aromatic carbocycles. The Kier molecular flexibility index (Phi) is 2.01. The van der Waals surface area contributed by atoms with Crippen LogP contribution in [-0.4, -0.2) is 10.2 Å². The highest BCUT2D eigenvalue weighted by Gasteiger charge is 2.06. The quantitative estimate of drug-likeness (QED) is 0.696. The topological polar surface area (TPSA) is 84.9 Å². The second-order valence-electron chi connectivity index (χ2n) is 2.69. The van der Waals surface area contributed by atoms with Gasteiger partial charge in [0.15, 0.2) is 0 Å². The third-order valence-corrected chi connectivity index (χ3v) is 1.82. The van der Waals surface area contributed by atoms with Crippen LogP contribution in [0.1, 0.15) is 0 Å². The van der Waals surface area contributed by atoms with Crippen molar-refractivity contribution < 1.29 is 4.42 Å². The van der Waals surface area contributed by atoms with Gasteiger partial charge in [0.2, 0.25) is 5.89 Å². The molecule has 1 heterocycles. The summed E-state index contributed by atoms with van der Waals surface area (Å²) in [5.74, 6) is -0.442. The van der Waals surface area contributed by atoms with Gasteiger partial charge in [-0.1, -0.05) is 11.6 Å². The van der Waals surface area contributed by atoms with Crippen molar-refractivity contribution in [3.63, 3.8) is 0 Å². The molecule has 0 amide bonds. The molecule has 0 unspecified atom stereocenters. The third-order valence-electron chi connectivity index (χ3n) is 1.61. The van der Waals surface area contributed by atoms with Crippen LogP contribution in [0.3, 0.4) is 0 Å². The maximum Gasteiger partial charge on any atom is 0.434 e. The summed E-state index contributed by atoms with van der Waals surface area (Å²) in [6.45, 7) is 0. The lowest BCUT2D eigenvalue weighted by Gasteiger charge is -1.98. The van der Waals surface area contributed by atoms with Crippen LogP contribution < -0.4 is 11.5 Å². The monoisotopic (exact) mass is 211 g/mol. The molecule has 14 heavy (non-hydrogen) atoms. The summed E-state index contributed by atoms with van der Waals surface area (Å²) in [5, 5.41) is 6.26. The van der Waals surface area contributed by atoms with E-state index in [0.29, 0.717) is 16.3 Å². The van der Waals surface area contributed by atoms with E-state index in [9.17, 15) is 4.79 Å². The zero-order chi connectivity index (χ0) is 10.1. The zero-order valence-electron chi connectivity index (χ0n) is 6.95. The summed E-state index contributed by atoms with van der Waals surface area (Å²) < 4.78 is 4.74. The Morgan fingerprint density at radius 2 is 2.21 bits per heavy atom. The Morgan fingerprint density at radius 1 is 1.43 bits per heavy atom. The minimum Gasteiger partial charge on any atom is -0.399 e. The second kappa shape index (κ2) is 3.19. The van der Waals surface area contributed by atoms with E-state index in [1.807, 2.05) is 0 Å². The van der Waals surface area contributed by atoms with Gasteiger partial charge in [-0.25, -0.2) is 9.89 Å². The van der Waals surface area contributed by atoms with Crippen molar-refractivity contribution in [2.24, 2.45) is 0 Å². The Bertz CT molecular complexity index is 497. The fourth-order valence-corrected chi connectivity index (χ4v) is 1.33. The van der Waals surface area contributed by atoms with Gasteiger partial charge in [0.1, 0.15) is 0 Å². The van der Waals surface area contributed by atoms with Crippen LogP contribution in [0, 0.1) is 0 Å². The van der Waals surface area contributed by atoms with Crippen molar-refractivity contribution in [1.29, 1.82) is 0 Å². The SMILES string of the molecule is Nc1cc(Cl)cc(-c2n[nH]c(=O)o2)c1. The van der Waals surface area contributed by atoms with Gasteiger partial charge in [-0.15, -0.1) is 5.10 Å². The smallest absolute Gasteiger partial charge is 0.399 e. The Labute approximate surface area is 83.5 Å².